The van der Waals surface area contributed by atoms with Crippen LogP contribution in [0.25, 0.3) is 0 Å². The lowest BCUT2D eigenvalue weighted by molar-refractivity contribution is -0.130. The van der Waals surface area contributed by atoms with Gasteiger partial charge in [0.2, 0.25) is 15.3 Å². The van der Waals surface area contributed by atoms with E-state index in [1.54, 1.807) is 13.8 Å². The number of nitrogens with zero attached hydrogens (tertiary/aromatic N) is 2. The largest absolute Gasteiger partial charge is 0.352 e. The molecule has 1 aromatic rings. The fourth-order valence-corrected chi connectivity index (χ4v) is 2.24. The maximum absolute atomic E-state index is 11.9. The van der Waals surface area contributed by atoms with Crippen molar-refractivity contribution in [2.45, 2.75) is 25.0 Å². The molecule has 1 N–H and O–H groups in total. The van der Waals surface area contributed by atoms with Crippen molar-refractivity contribution in [1.82, 2.24) is 14.7 Å². The molecule has 0 atom stereocenters. The second-order valence-corrected chi connectivity index (χ2v) is 5.48. The maximum atomic E-state index is 11.9. The summed E-state index contributed by atoms with van der Waals surface area (Å²) in [5.74, 6) is 0. The topological polar surface area (TPSA) is 90.4 Å². The quantitative estimate of drug-likeness (QED) is 0.564. The number of hydrogen-bond acceptors (Lipinski definition) is 6. The molecule has 0 aromatic carbocycles. The zero-order valence-electron chi connectivity index (χ0n) is 10.7. The molecule has 1 aromatic heterocycles. The summed E-state index contributed by atoms with van der Waals surface area (Å²) in [4.78, 5) is 7.17. The van der Waals surface area contributed by atoms with Crippen LogP contribution in [0.15, 0.2) is 17.3 Å². The summed E-state index contributed by atoms with van der Waals surface area (Å²) in [6.45, 7) is 4.46. The highest BCUT2D eigenvalue weighted by Gasteiger charge is 2.18. The minimum atomic E-state index is -3.70. The van der Waals surface area contributed by atoms with Gasteiger partial charge in [0.1, 0.15) is 4.90 Å². The van der Waals surface area contributed by atoms with Crippen molar-refractivity contribution in [3.8, 4) is 0 Å². The molecule has 0 saturated carbocycles. The van der Waals surface area contributed by atoms with E-state index in [0.717, 1.165) is 12.4 Å². The van der Waals surface area contributed by atoms with Crippen LogP contribution in [0.1, 0.15) is 13.8 Å². The molecule has 7 nitrogen and oxygen atoms in total. The Labute approximate surface area is 117 Å². The van der Waals surface area contributed by atoms with Gasteiger partial charge in [-0.2, -0.15) is 0 Å². The molecular weight excluding hydrogens is 294 g/mol. The third kappa shape index (κ3) is 5.37. The molecule has 0 radical (unpaired) electrons. The van der Waals surface area contributed by atoms with Gasteiger partial charge in [0.25, 0.3) is 0 Å². The Morgan fingerprint density at radius 3 is 2.26 bits per heavy atom. The first-order valence-electron chi connectivity index (χ1n) is 5.70. The third-order valence-electron chi connectivity index (χ3n) is 2.05. The summed E-state index contributed by atoms with van der Waals surface area (Å²) in [5.41, 5.74) is 0. The molecule has 0 aliphatic heterocycles. The highest BCUT2D eigenvalue weighted by Crippen LogP contribution is 2.07. The van der Waals surface area contributed by atoms with Crippen molar-refractivity contribution in [2.24, 2.45) is 0 Å². The van der Waals surface area contributed by atoms with Gasteiger partial charge in [0, 0.05) is 13.2 Å². The van der Waals surface area contributed by atoms with Crippen molar-refractivity contribution in [2.75, 3.05) is 19.8 Å². The van der Waals surface area contributed by atoms with Crippen LogP contribution in [0.5, 0.6) is 0 Å². The average Bonchev–Trinajstić information content (AvgIpc) is 2.37. The van der Waals surface area contributed by atoms with Gasteiger partial charge >= 0.3 is 0 Å². The highest BCUT2D eigenvalue weighted by atomic mass is 35.5. The summed E-state index contributed by atoms with van der Waals surface area (Å²) >= 11 is 5.49. The number of sulfonamides is 1. The molecule has 19 heavy (non-hydrogen) atoms. The molecule has 0 aliphatic carbocycles. The minimum absolute atomic E-state index is 0.00659. The first kappa shape index (κ1) is 16.3. The van der Waals surface area contributed by atoms with Gasteiger partial charge in [0.05, 0.1) is 18.9 Å². The molecule has 0 aliphatic rings. The fraction of sp³-hybridized carbons (Fsp3) is 0.600. The standard InChI is InChI=1S/C10H16ClN3O4S/c1-3-17-9(18-4-2)7-14-19(15,16)8-5-12-10(11)13-6-8/h5-6,9,14H,3-4,7H2,1-2H3. The minimum Gasteiger partial charge on any atom is -0.352 e. The van der Waals surface area contributed by atoms with E-state index in [2.05, 4.69) is 14.7 Å². The van der Waals surface area contributed by atoms with E-state index in [0.29, 0.717) is 13.2 Å². The van der Waals surface area contributed by atoms with Crippen LogP contribution in [-0.2, 0) is 19.5 Å². The highest BCUT2D eigenvalue weighted by molar-refractivity contribution is 7.89. The van der Waals surface area contributed by atoms with Crippen LogP contribution in [-0.4, -0.2) is 44.4 Å². The van der Waals surface area contributed by atoms with E-state index >= 15 is 0 Å². The van der Waals surface area contributed by atoms with Gasteiger partial charge in [-0.15, -0.1) is 0 Å². The summed E-state index contributed by atoms with van der Waals surface area (Å²) in [7, 11) is -3.70. The van der Waals surface area contributed by atoms with Gasteiger partial charge in [0.15, 0.2) is 6.29 Å². The number of aromatic nitrogens is 2. The number of hydrogen-bond donors (Lipinski definition) is 1. The van der Waals surface area contributed by atoms with Gasteiger partial charge < -0.3 is 9.47 Å². The van der Waals surface area contributed by atoms with Crippen LogP contribution in [0, 0.1) is 0 Å². The lowest BCUT2D eigenvalue weighted by atomic mass is 10.6. The summed E-state index contributed by atoms with van der Waals surface area (Å²) in [6.07, 6.45) is 1.64. The predicted molar refractivity (Wildman–Crippen MR) is 69.3 cm³/mol. The Hall–Kier alpha value is -0.800. The molecule has 0 bridgehead atoms. The van der Waals surface area contributed by atoms with Crippen LogP contribution in [0.4, 0.5) is 0 Å². The van der Waals surface area contributed by atoms with Gasteiger partial charge in [-0.25, -0.2) is 23.1 Å². The summed E-state index contributed by atoms with van der Waals surface area (Å²) in [6, 6.07) is 0. The lowest BCUT2D eigenvalue weighted by Crippen LogP contribution is -2.35. The van der Waals surface area contributed by atoms with Crippen LogP contribution < -0.4 is 4.72 Å². The molecule has 108 valence electrons. The fourth-order valence-electron chi connectivity index (χ4n) is 1.24. The second kappa shape index (κ2) is 7.71. The first-order chi connectivity index (χ1) is 8.99. The van der Waals surface area contributed by atoms with Gasteiger partial charge in [-0.1, -0.05) is 0 Å². The van der Waals surface area contributed by atoms with Crippen LogP contribution in [0.3, 0.4) is 0 Å². The van der Waals surface area contributed by atoms with E-state index < -0.39 is 16.3 Å². The molecule has 0 saturated heterocycles. The Bertz CT molecular complexity index is 474. The van der Waals surface area contributed by atoms with Crippen molar-refractivity contribution >= 4 is 21.6 Å². The molecule has 0 amide bonds. The monoisotopic (exact) mass is 309 g/mol. The first-order valence-corrected chi connectivity index (χ1v) is 7.56. The second-order valence-electron chi connectivity index (χ2n) is 3.38. The molecule has 1 rings (SSSR count). The van der Waals surface area contributed by atoms with Crippen molar-refractivity contribution in [1.29, 1.82) is 0 Å². The van der Waals surface area contributed by atoms with Crippen molar-refractivity contribution in [3.63, 3.8) is 0 Å². The van der Waals surface area contributed by atoms with Crippen LogP contribution in [0.2, 0.25) is 5.28 Å². The maximum Gasteiger partial charge on any atom is 0.243 e. The Morgan fingerprint density at radius 2 is 1.79 bits per heavy atom. The van der Waals surface area contributed by atoms with Gasteiger partial charge in [-0.05, 0) is 25.4 Å². The summed E-state index contributed by atoms with van der Waals surface area (Å²) < 4.78 is 36.6. The number of halogens is 1. The molecule has 0 spiro atoms. The van der Waals surface area contributed by atoms with E-state index in [1.165, 1.54) is 0 Å². The van der Waals surface area contributed by atoms with Crippen molar-refractivity contribution < 1.29 is 17.9 Å². The Morgan fingerprint density at radius 1 is 1.26 bits per heavy atom. The average molecular weight is 310 g/mol. The normalized spacial score (nSPS) is 12.0. The SMILES string of the molecule is CCOC(CNS(=O)(=O)c1cnc(Cl)nc1)OCC. The number of nitrogens with one attached hydrogen (secondary N) is 1. The van der Waals surface area contributed by atoms with E-state index in [9.17, 15) is 8.42 Å². The molecule has 0 unspecified atom stereocenters. The Kier molecular flexibility index (Phi) is 6.59. The number of ether oxygens (including phenoxy) is 2. The lowest BCUT2D eigenvalue weighted by Gasteiger charge is -2.17. The zero-order valence-corrected chi connectivity index (χ0v) is 12.2. The van der Waals surface area contributed by atoms with E-state index in [1.807, 2.05) is 0 Å². The molecule has 1 heterocycles. The van der Waals surface area contributed by atoms with Crippen molar-refractivity contribution in [3.05, 3.63) is 17.7 Å². The Balaban J connectivity index is 2.66. The summed E-state index contributed by atoms with van der Waals surface area (Å²) in [5, 5.41) is -0.0135. The number of rotatable bonds is 8. The van der Waals surface area contributed by atoms with Crippen LogP contribution >= 0.6 is 11.6 Å². The third-order valence-corrected chi connectivity index (χ3v) is 3.63. The van der Waals surface area contributed by atoms with Gasteiger partial charge in [-0.3, -0.25) is 0 Å². The smallest absolute Gasteiger partial charge is 0.243 e. The predicted octanol–water partition coefficient (Wildman–Crippen LogP) is 0.807. The zero-order chi connectivity index (χ0) is 14.3. The van der Waals surface area contributed by atoms with E-state index in [-0.39, 0.29) is 16.7 Å². The molecule has 9 heteroatoms. The molecular formula is C10H16ClN3O4S. The van der Waals surface area contributed by atoms with E-state index in [4.69, 9.17) is 21.1 Å². The molecule has 0 fully saturated rings.